The van der Waals surface area contributed by atoms with Crippen molar-refractivity contribution in [2.75, 3.05) is 4.31 Å². The lowest BCUT2D eigenvalue weighted by atomic mass is 10.0. The Bertz CT molecular complexity index is 1220. The minimum atomic E-state index is -3.75. The summed E-state index contributed by atoms with van der Waals surface area (Å²) in [6, 6.07) is 20.5. The normalized spacial score (nSPS) is 14.6. The summed E-state index contributed by atoms with van der Waals surface area (Å²) >= 11 is 0. The number of fused-ring (bicyclic) bond motifs is 1. The van der Waals surface area contributed by atoms with Gasteiger partial charge in [0.1, 0.15) is 11.4 Å². The predicted molar refractivity (Wildman–Crippen MR) is 126 cm³/mol. The minimum Gasteiger partial charge on any atom is -0.483 e. The third-order valence-electron chi connectivity index (χ3n) is 5.27. The van der Waals surface area contributed by atoms with Crippen LogP contribution in [0.3, 0.4) is 0 Å². The van der Waals surface area contributed by atoms with E-state index < -0.39 is 10.0 Å². The summed E-state index contributed by atoms with van der Waals surface area (Å²) in [7, 11) is -3.75. The fourth-order valence-corrected chi connectivity index (χ4v) is 5.45. The minimum absolute atomic E-state index is 0.226. The van der Waals surface area contributed by atoms with Gasteiger partial charge in [-0.1, -0.05) is 36.4 Å². The van der Waals surface area contributed by atoms with Crippen molar-refractivity contribution in [3.8, 4) is 5.75 Å². The molecular weight excluding hydrogens is 406 g/mol. The average Bonchev–Trinajstić information content (AvgIpc) is 2.71. The largest absolute Gasteiger partial charge is 0.483 e. The van der Waals surface area contributed by atoms with E-state index in [1.807, 2.05) is 94.4 Å². The molecule has 0 aromatic heterocycles. The van der Waals surface area contributed by atoms with Gasteiger partial charge in [0.05, 0.1) is 17.1 Å². The molecule has 0 atom stereocenters. The van der Waals surface area contributed by atoms with Crippen LogP contribution in [0.5, 0.6) is 5.75 Å². The first-order valence-corrected chi connectivity index (χ1v) is 11.8. The van der Waals surface area contributed by atoms with Crippen LogP contribution in [-0.2, 0) is 16.6 Å². The summed E-state index contributed by atoms with van der Waals surface area (Å²) in [5.74, 6) is 0.805. The lowest BCUT2D eigenvalue weighted by molar-refractivity contribution is 0.159. The monoisotopic (exact) mass is 433 g/mol. The van der Waals surface area contributed by atoms with E-state index in [0.717, 1.165) is 28.0 Å². The molecule has 0 bridgehead atoms. The van der Waals surface area contributed by atoms with Crippen LogP contribution in [0.25, 0.3) is 6.08 Å². The molecule has 1 aliphatic heterocycles. The number of hydrogen-bond acceptors (Lipinski definition) is 3. The molecule has 3 aromatic carbocycles. The van der Waals surface area contributed by atoms with Crippen molar-refractivity contribution in [1.82, 2.24) is 0 Å². The van der Waals surface area contributed by atoms with Gasteiger partial charge in [-0.05, 0) is 86.9 Å². The summed E-state index contributed by atoms with van der Waals surface area (Å²) < 4.78 is 34.9. The highest BCUT2D eigenvalue weighted by atomic mass is 32.2. The van der Waals surface area contributed by atoms with E-state index in [2.05, 4.69) is 0 Å². The Morgan fingerprint density at radius 2 is 1.58 bits per heavy atom. The summed E-state index contributed by atoms with van der Waals surface area (Å²) in [6.07, 6.45) is 4.05. The van der Waals surface area contributed by atoms with E-state index in [-0.39, 0.29) is 12.1 Å². The maximum Gasteiger partial charge on any atom is 0.264 e. The Labute approximate surface area is 184 Å². The highest BCUT2D eigenvalue weighted by Gasteiger charge is 2.27. The van der Waals surface area contributed by atoms with Crippen molar-refractivity contribution in [2.45, 2.75) is 44.7 Å². The van der Waals surface area contributed by atoms with Crippen LogP contribution < -0.4 is 9.04 Å². The van der Waals surface area contributed by atoms with Gasteiger partial charge in [0, 0.05) is 5.56 Å². The molecule has 0 saturated carbocycles. The van der Waals surface area contributed by atoms with Gasteiger partial charge in [-0.3, -0.25) is 4.31 Å². The molecule has 160 valence electrons. The van der Waals surface area contributed by atoms with Crippen LogP contribution in [-0.4, -0.2) is 14.0 Å². The summed E-state index contributed by atoms with van der Waals surface area (Å²) in [4.78, 5) is 0.303. The Morgan fingerprint density at radius 1 is 0.903 bits per heavy atom. The maximum absolute atomic E-state index is 13.7. The fraction of sp³-hybridized carbons (Fsp3) is 0.231. The van der Waals surface area contributed by atoms with Crippen molar-refractivity contribution < 1.29 is 13.2 Å². The van der Waals surface area contributed by atoms with Crippen LogP contribution in [0.2, 0.25) is 0 Å². The van der Waals surface area contributed by atoms with Crippen LogP contribution in [0, 0.1) is 13.8 Å². The summed E-state index contributed by atoms with van der Waals surface area (Å²) in [5, 5.41) is 0. The van der Waals surface area contributed by atoms with Crippen molar-refractivity contribution in [3.05, 3.63) is 95.1 Å². The summed E-state index contributed by atoms with van der Waals surface area (Å²) in [6.45, 7) is 8.07. The van der Waals surface area contributed by atoms with E-state index in [1.165, 1.54) is 4.31 Å². The molecule has 0 saturated heterocycles. The molecular formula is C26H27NO3S. The Balaban J connectivity index is 1.75. The van der Waals surface area contributed by atoms with Gasteiger partial charge >= 0.3 is 0 Å². The second-order valence-electron chi connectivity index (χ2n) is 8.58. The Kier molecular flexibility index (Phi) is 5.40. The maximum atomic E-state index is 13.7. The van der Waals surface area contributed by atoms with Crippen molar-refractivity contribution in [1.29, 1.82) is 0 Å². The number of para-hydroxylation sites is 1. The van der Waals surface area contributed by atoms with E-state index in [1.54, 1.807) is 12.1 Å². The van der Waals surface area contributed by atoms with E-state index in [4.69, 9.17) is 4.74 Å². The number of benzene rings is 3. The van der Waals surface area contributed by atoms with Crippen molar-refractivity contribution >= 4 is 21.8 Å². The number of rotatable bonds is 5. The Hall–Kier alpha value is -3.05. The van der Waals surface area contributed by atoms with Crippen molar-refractivity contribution in [2.24, 2.45) is 0 Å². The van der Waals surface area contributed by atoms with Gasteiger partial charge in [-0.2, -0.15) is 0 Å². The predicted octanol–water partition coefficient (Wildman–Crippen LogP) is 5.88. The SMILES string of the molecule is Cc1cc(C)cc(S(=O)(=O)N(Cc2ccc3c(c2)C=CC(C)(C)O3)c2ccccc2)c1. The van der Waals surface area contributed by atoms with E-state index in [9.17, 15) is 8.42 Å². The van der Waals surface area contributed by atoms with E-state index in [0.29, 0.717) is 10.6 Å². The number of sulfonamides is 1. The first-order chi connectivity index (χ1) is 14.6. The second kappa shape index (κ2) is 7.89. The smallest absolute Gasteiger partial charge is 0.264 e. The summed E-state index contributed by atoms with van der Waals surface area (Å²) in [5.41, 5.74) is 3.97. The third kappa shape index (κ3) is 4.52. The molecule has 3 aromatic rings. The Morgan fingerprint density at radius 3 is 2.26 bits per heavy atom. The fourth-order valence-electron chi connectivity index (χ4n) is 3.81. The number of aryl methyl sites for hydroxylation is 2. The van der Waals surface area contributed by atoms with Gasteiger partial charge in [-0.15, -0.1) is 0 Å². The highest BCUT2D eigenvalue weighted by Crippen LogP contribution is 2.33. The first kappa shape index (κ1) is 21.2. The number of nitrogens with zero attached hydrogens (tertiary/aromatic N) is 1. The zero-order valence-electron chi connectivity index (χ0n) is 18.3. The molecule has 0 spiro atoms. The topological polar surface area (TPSA) is 46.6 Å². The molecule has 0 N–H and O–H groups in total. The molecule has 0 fully saturated rings. The molecule has 1 aliphatic rings. The zero-order chi connectivity index (χ0) is 22.2. The molecule has 31 heavy (non-hydrogen) atoms. The first-order valence-electron chi connectivity index (χ1n) is 10.3. The number of ether oxygens (including phenoxy) is 1. The van der Waals surface area contributed by atoms with Gasteiger partial charge in [0.2, 0.25) is 0 Å². The van der Waals surface area contributed by atoms with Crippen LogP contribution in [0.1, 0.15) is 36.1 Å². The van der Waals surface area contributed by atoms with Gasteiger partial charge in [0.25, 0.3) is 10.0 Å². The average molecular weight is 434 g/mol. The third-order valence-corrected chi connectivity index (χ3v) is 7.02. The molecule has 4 rings (SSSR count). The molecule has 0 unspecified atom stereocenters. The number of hydrogen-bond donors (Lipinski definition) is 0. The van der Waals surface area contributed by atoms with Gasteiger partial charge in [-0.25, -0.2) is 8.42 Å². The van der Waals surface area contributed by atoms with Gasteiger partial charge in [0.15, 0.2) is 0 Å². The molecule has 0 radical (unpaired) electrons. The molecule has 0 aliphatic carbocycles. The molecule has 0 amide bonds. The molecule has 1 heterocycles. The number of anilines is 1. The molecule has 4 nitrogen and oxygen atoms in total. The van der Waals surface area contributed by atoms with Gasteiger partial charge < -0.3 is 4.74 Å². The van der Waals surface area contributed by atoms with E-state index >= 15 is 0 Å². The zero-order valence-corrected chi connectivity index (χ0v) is 19.1. The standard InChI is InChI=1S/C26H27NO3S/c1-19-14-20(2)16-24(15-19)31(28,29)27(23-8-6-5-7-9-23)18-21-10-11-25-22(17-21)12-13-26(3,4)30-25/h5-17H,18H2,1-4H3. The van der Waals surface area contributed by atoms with Crippen LogP contribution in [0.4, 0.5) is 5.69 Å². The van der Waals surface area contributed by atoms with Crippen molar-refractivity contribution in [3.63, 3.8) is 0 Å². The quantitative estimate of drug-likeness (QED) is 0.504. The highest BCUT2D eigenvalue weighted by molar-refractivity contribution is 7.92. The molecule has 5 heteroatoms. The lowest BCUT2D eigenvalue weighted by Gasteiger charge is -2.29. The van der Waals surface area contributed by atoms with Crippen LogP contribution >= 0.6 is 0 Å². The lowest BCUT2D eigenvalue weighted by Crippen LogP contribution is -2.31. The van der Waals surface area contributed by atoms with Crippen LogP contribution in [0.15, 0.2) is 77.7 Å². The second-order valence-corrected chi connectivity index (χ2v) is 10.4.